The number of ether oxygens (including phenoxy) is 1. The summed E-state index contributed by atoms with van der Waals surface area (Å²) < 4.78 is 7.18. The summed E-state index contributed by atoms with van der Waals surface area (Å²) in [6, 6.07) is 0. The van der Waals surface area contributed by atoms with E-state index >= 15 is 0 Å². The third-order valence-corrected chi connectivity index (χ3v) is 1.87. The highest BCUT2D eigenvalue weighted by Crippen LogP contribution is 1.93. The summed E-state index contributed by atoms with van der Waals surface area (Å²) in [5.41, 5.74) is -0.171. The minimum atomic E-state index is -0.269. The minimum Gasteiger partial charge on any atom is -0.469 e. The highest BCUT2D eigenvalue weighted by atomic mass is 16.5. The number of aryl methyl sites for hydroxylation is 2. The molecule has 0 spiro atoms. The van der Waals surface area contributed by atoms with Crippen LogP contribution in [0, 0.1) is 0 Å². The molecule has 0 unspecified atom stereocenters. The molecule has 1 aromatic heterocycles. The molecule has 14 heavy (non-hydrogen) atoms. The second-order valence-corrected chi connectivity index (χ2v) is 2.93. The van der Waals surface area contributed by atoms with Gasteiger partial charge >= 0.3 is 11.7 Å². The van der Waals surface area contributed by atoms with E-state index < -0.39 is 0 Å². The predicted molar refractivity (Wildman–Crippen MR) is 48.7 cm³/mol. The van der Waals surface area contributed by atoms with Gasteiger partial charge in [0.1, 0.15) is 6.33 Å². The number of hydrogen-bond donors (Lipinski definition) is 0. The van der Waals surface area contributed by atoms with Gasteiger partial charge in [-0.25, -0.2) is 9.48 Å². The molecule has 0 aromatic carbocycles. The van der Waals surface area contributed by atoms with Crippen LogP contribution in [0.1, 0.15) is 12.8 Å². The van der Waals surface area contributed by atoms with Gasteiger partial charge in [-0.05, 0) is 6.42 Å². The van der Waals surface area contributed by atoms with E-state index in [0.29, 0.717) is 19.4 Å². The van der Waals surface area contributed by atoms with Crippen molar-refractivity contribution in [2.45, 2.75) is 19.4 Å². The van der Waals surface area contributed by atoms with E-state index in [1.807, 2.05) is 0 Å². The minimum absolute atomic E-state index is 0.171. The van der Waals surface area contributed by atoms with Crippen molar-refractivity contribution in [2.75, 3.05) is 7.11 Å². The van der Waals surface area contributed by atoms with Gasteiger partial charge in [-0.15, -0.1) is 0 Å². The second-order valence-electron chi connectivity index (χ2n) is 2.93. The first kappa shape index (κ1) is 10.5. The van der Waals surface area contributed by atoms with Crippen LogP contribution in [-0.2, 0) is 23.1 Å². The number of hydrogen-bond acceptors (Lipinski definition) is 4. The molecule has 0 amide bonds. The molecule has 0 saturated heterocycles. The smallest absolute Gasteiger partial charge is 0.345 e. The Kier molecular flexibility index (Phi) is 3.44. The topological polar surface area (TPSA) is 66.1 Å². The van der Waals surface area contributed by atoms with Gasteiger partial charge in [-0.1, -0.05) is 0 Å². The molecule has 0 atom stereocenters. The Hall–Kier alpha value is -1.59. The number of aromatic nitrogens is 3. The van der Waals surface area contributed by atoms with Crippen molar-refractivity contribution in [1.29, 1.82) is 0 Å². The molecule has 0 aliphatic heterocycles. The molecule has 1 heterocycles. The van der Waals surface area contributed by atoms with E-state index in [4.69, 9.17) is 0 Å². The summed E-state index contributed by atoms with van der Waals surface area (Å²) in [4.78, 5) is 22.0. The quantitative estimate of drug-likeness (QED) is 0.615. The number of rotatable bonds is 4. The number of carbonyl (C=O) groups is 1. The van der Waals surface area contributed by atoms with Crippen LogP contribution in [0.3, 0.4) is 0 Å². The van der Waals surface area contributed by atoms with Crippen molar-refractivity contribution in [3.05, 3.63) is 16.8 Å². The van der Waals surface area contributed by atoms with Gasteiger partial charge in [0.25, 0.3) is 0 Å². The monoisotopic (exact) mass is 199 g/mol. The lowest BCUT2D eigenvalue weighted by Crippen LogP contribution is -2.23. The Morgan fingerprint density at radius 2 is 2.36 bits per heavy atom. The molecule has 0 aliphatic carbocycles. The first-order valence-electron chi connectivity index (χ1n) is 4.30. The Morgan fingerprint density at radius 1 is 1.64 bits per heavy atom. The molecule has 0 saturated carbocycles. The van der Waals surface area contributed by atoms with Gasteiger partial charge in [-0.3, -0.25) is 9.36 Å². The van der Waals surface area contributed by atoms with E-state index in [0.717, 1.165) is 0 Å². The van der Waals surface area contributed by atoms with E-state index in [2.05, 4.69) is 9.84 Å². The zero-order chi connectivity index (χ0) is 10.6. The van der Waals surface area contributed by atoms with Crippen molar-refractivity contribution < 1.29 is 9.53 Å². The normalized spacial score (nSPS) is 10.1. The van der Waals surface area contributed by atoms with Crippen LogP contribution in [0.4, 0.5) is 0 Å². The van der Waals surface area contributed by atoms with Gasteiger partial charge in [-0.2, -0.15) is 5.10 Å². The van der Waals surface area contributed by atoms with Crippen molar-refractivity contribution in [1.82, 2.24) is 14.3 Å². The van der Waals surface area contributed by atoms with Gasteiger partial charge in [0.05, 0.1) is 7.11 Å². The zero-order valence-electron chi connectivity index (χ0n) is 8.27. The van der Waals surface area contributed by atoms with Gasteiger partial charge in [0, 0.05) is 20.0 Å². The summed E-state index contributed by atoms with van der Waals surface area (Å²) in [5.74, 6) is -0.269. The van der Waals surface area contributed by atoms with Crippen LogP contribution in [-0.4, -0.2) is 27.4 Å². The fourth-order valence-corrected chi connectivity index (χ4v) is 1.05. The molecular weight excluding hydrogens is 186 g/mol. The van der Waals surface area contributed by atoms with Crippen molar-refractivity contribution >= 4 is 5.97 Å². The van der Waals surface area contributed by atoms with Crippen LogP contribution >= 0.6 is 0 Å². The number of carbonyl (C=O) groups excluding carboxylic acids is 1. The molecule has 78 valence electrons. The number of esters is 1. The molecule has 0 N–H and O–H groups in total. The highest BCUT2D eigenvalue weighted by molar-refractivity contribution is 5.68. The standard InChI is InChI=1S/C8H13N3O3/c1-10-6-9-11(8(10)13)5-3-4-7(12)14-2/h6H,3-5H2,1-2H3. The Balaban J connectivity index is 2.43. The zero-order valence-corrected chi connectivity index (χ0v) is 8.27. The van der Waals surface area contributed by atoms with Crippen LogP contribution in [0.2, 0.25) is 0 Å². The third kappa shape index (κ3) is 2.45. The van der Waals surface area contributed by atoms with Crippen LogP contribution in [0.5, 0.6) is 0 Å². The molecule has 0 fully saturated rings. The highest BCUT2D eigenvalue weighted by Gasteiger charge is 2.03. The maximum absolute atomic E-state index is 11.3. The molecule has 6 nitrogen and oxygen atoms in total. The average molecular weight is 199 g/mol. The molecule has 1 rings (SSSR count). The molecule has 0 bridgehead atoms. The second kappa shape index (κ2) is 4.59. The first-order chi connectivity index (χ1) is 6.65. The third-order valence-electron chi connectivity index (χ3n) is 1.87. The van der Waals surface area contributed by atoms with E-state index in [-0.39, 0.29) is 11.7 Å². The summed E-state index contributed by atoms with van der Waals surface area (Å²) in [6.45, 7) is 0.439. The summed E-state index contributed by atoms with van der Waals surface area (Å²) in [6.07, 6.45) is 2.31. The lowest BCUT2D eigenvalue weighted by molar-refractivity contribution is -0.140. The summed E-state index contributed by atoms with van der Waals surface area (Å²) >= 11 is 0. The van der Waals surface area contributed by atoms with Crippen LogP contribution in [0.15, 0.2) is 11.1 Å². The molecule has 1 aromatic rings. The molecule has 6 heteroatoms. The average Bonchev–Trinajstić information content (AvgIpc) is 2.49. The summed E-state index contributed by atoms with van der Waals surface area (Å²) in [7, 11) is 2.97. The van der Waals surface area contributed by atoms with Gasteiger partial charge < -0.3 is 4.74 Å². The Morgan fingerprint density at radius 3 is 2.86 bits per heavy atom. The number of methoxy groups -OCH3 is 1. The lowest BCUT2D eigenvalue weighted by Gasteiger charge is -1.98. The summed E-state index contributed by atoms with van der Waals surface area (Å²) in [5, 5.41) is 3.85. The molecule has 0 radical (unpaired) electrons. The molecule has 0 aliphatic rings. The van der Waals surface area contributed by atoms with Crippen molar-refractivity contribution in [3.8, 4) is 0 Å². The van der Waals surface area contributed by atoms with Crippen molar-refractivity contribution in [2.24, 2.45) is 7.05 Å². The maximum Gasteiger partial charge on any atom is 0.345 e. The van der Waals surface area contributed by atoms with E-state index in [1.54, 1.807) is 7.05 Å². The number of nitrogens with zero attached hydrogens (tertiary/aromatic N) is 3. The van der Waals surface area contributed by atoms with E-state index in [1.165, 1.54) is 22.7 Å². The van der Waals surface area contributed by atoms with Crippen LogP contribution in [0.25, 0.3) is 0 Å². The fourth-order valence-electron chi connectivity index (χ4n) is 1.05. The van der Waals surface area contributed by atoms with E-state index in [9.17, 15) is 9.59 Å². The SMILES string of the molecule is COC(=O)CCCn1ncn(C)c1=O. The largest absolute Gasteiger partial charge is 0.469 e. The Bertz CT molecular complexity index is 366. The van der Waals surface area contributed by atoms with Crippen LogP contribution < -0.4 is 5.69 Å². The predicted octanol–water partition coefficient (Wildman–Crippen LogP) is -0.465. The lowest BCUT2D eigenvalue weighted by atomic mass is 10.3. The maximum atomic E-state index is 11.3. The van der Waals surface area contributed by atoms with Gasteiger partial charge in [0.15, 0.2) is 0 Å². The first-order valence-corrected chi connectivity index (χ1v) is 4.30. The van der Waals surface area contributed by atoms with Crippen molar-refractivity contribution in [3.63, 3.8) is 0 Å². The molecular formula is C8H13N3O3. The van der Waals surface area contributed by atoms with Gasteiger partial charge in [0.2, 0.25) is 0 Å². The Labute approximate surface area is 81.1 Å². The fraction of sp³-hybridized carbons (Fsp3) is 0.625.